The summed E-state index contributed by atoms with van der Waals surface area (Å²) in [4.78, 5) is 0. The molecule has 2 rings (SSSR count). The van der Waals surface area contributed by atoms with Crippen molar-refractivity contribution in [3.8, 4) is 0 Å². The van der Waals surface area contributed by atoms with Crippen molar-refractivity contribution in [1.82, 2.24) is 4.72 Å². The Kier molecular flexibility index (Phi) is 3.44. The lowest BCUT2D eigenvalue weighted by Crippen LogP contribution is -2.33. The fourth-order valence-electron chi connectivity index (χ4n) is 1.63. The van der Waals surface area contributed by atoms with E-state index in [0.29, 0.717) is 18.4 Å². The molecule has 6 heteroatoms. The monoisotopic (exact) mass is 273 g/mol. The third-order valence-electron chi connectivity index (χ3n) is 3.36. The Labute approximate surface area is 106 Å². The maximum atomic E-state index is 13.4. The summed E-state index contributed by atoms with van der Waals surface area (Å²) in [6.07, 6.45) is 1.33. The number of hydrogen-bond donors (Lipinski definition) is 2. The number of benzene rings is 1. The lowest BCUT2D eigenvalue weighted by Gasteiger charge is -2.12. The third-order valence-corrected chi connectivity index (χ3v) is 5.59. The van der Waals surface area contributed by atoms with Crippen molar-refractivity contribution in [2.24, 2.45) is 0 Å². The van der Waals surface area contributed by atoms with Gasteiger partial charge in [-0.15, -0.1) is 0 Å². The van der Waals surface area contributed by atoms with E-state index in [9.17, 15) is 12.8 Å². The summed E-state index contributed by atoms with van der Waals surface area (Å²) in [7, 11) is -3.34. The zero-order valence-corrected chi connectivity index (χ0v) is 10.9. The summed E-state index contributed by atoms with van der Waals surface area (Å²) < 4.78 is 38.9. The number of hydrogen-bond acceptors (Lipinski definition) is 3. The molecule has 0 aromatic heterocycles. The molecule has 0 saturated heterocycles. The van der Waals surface area contributed by atoms with Crippen molar-refractivity contribution in [1.29, 1.82) is 0 Å². The SMILES string of the molecule is CC1(S(=O)(=O)NCc2ccc(CO)c(F)c2)CC1. The molecule has 1 aliphatic carbocycles. The van der Waals surface area contributed by atoms with Gasteiger partial charge in [-0.2, -0.15) is 0 Å². The molecule has 0 heterocycles. The minimum Gasteiger partial charge on any atom is -0.392 e. The highest BCUT2D eigenvalue weighted by atomic mass is 32.2. The molecule has 0 atom stereocenters. The molecular weight excluding hydrogens is 257 g/mol. The highest BCUT2D eigenvalue weighted by molar-refractivity contribution is 7.91. The second kappa shape index (κ2) is 4.60. The van der Waals surface area contributed by atoms with E-state index in [1.807, 2.05) is 0 Å². The van der Waals surface area contributed by atoms with E-state index in [1.54, 1.807) is 13.0 Å². The summed E-state index contributed by atoms with van der Waals surface area (Å²) >= 11 is 0. The molecule has 0 radical (unpaired) electrons. The number of rotatable bonds is 5. The summed E-state index contributed by atoms with van der Waals surface area (Å²) in [5.41, 5.74) is 0.744. The summed E-state index contributed by atoms with van der Waals surface area (Å²) in [5.74, 6) is -0.521. The van der Waals surface area contributed by atoms with Crippen LogP contribution in [0.3, 0.4) is 0 Å². The Morgan fingerprint density at radius 2 is 2.11 bits per heavy atom. The zero-order chi connectivity index (χ0) is 13.4. The van der Waals surface area contributed by atoms with Gasteiger partial charge >= 0.3 is 0 Å². The van der Waals surface area contributed by atoms with Crippen molar-refractivity contribution in [2.45, 2.75) is 37.7 Å². The highest BCUT2D eigenvalue weighted by Crippen LogP contribution is 2.42. The Morgan fingerprint density at radius 1 is 1.44 bits per heavy atom. The van der Waals surface area contributed by atoms with Crippen molar-refractivity contribution >= 4 is 10.0 Å². The second-order valence-corrected chi connectivity index (χ2v) is 7.14. The lowest BCUT2D eigenvalue weighted by atomic mass is 10.1. The van der Waals surface area contributed by atoms with Gasteiger partial charge in [-0.25, -0.2) is 17.5 Å². The van der Waals surface area contributed by atoms with Gasteiger partial charge in [-0.05, 0) is 31.4 Å². The molecular formula is C12H16FNO3S. The predicted octanol–water partition coefficient (Wildman–Crippen LogP) is 1.29. The van der Waals surface area contributed by atoms with Gasteiger partial charge in [0, 0.05) is 12.1 Å². The molecule has 4 nitrogen and oxygen atoms in total. The number of aliphatic hydroxyl groups is 1. The van der Waals surface area contributed by atoms with Crippen LogP contribution >= 0.6 is 0 Å². The molecule has 0 amide bonds. The number of halogens is 1. The van der Waals surface area contributed by atoms with Crippen LogP contribution in [0.2, 0.25) is 0 Å². The third kappa shape index (κ3) is 2.55. The Hall–Kier alpha value is -0.980. The van der Waals surface area contributed by atoms with Gasteiger partial charge in [-0.1, -0.05) is 12.1 Å². The lowest BCUT2D eigenvalue weighted by molar-refractivity contribution is 0.275. The fourth-order valence-corrected chi connectivity index (χ4v) is 2.97. The molecule has 0 spiro atoms. The topological polar surface area (TPSA) is 66.4 Å². The van der Waals surface area contributed by atoms with Crippen LogP contribution in [0.4, 0.5) is 4.39 Å². The maximum Gasteiger partial charge on any atom is 0.217 e. The average Bonchev–Trinajstić information content (AvgIpc) is 3.07. The first-order chi connectivity index (χ1) is 8.38. The van der Waals surface area contributed by atoms with Gasteiger partial charge in [0.2, 0.25) is 10.0 Å². The summed E-state index contributed by atoms with van der Waals surface area (Å²) in [5, 5.41) is 8.83. The van der Waals surface area contributed by atoms with Crippen LogP contribution in [0, 0.1) is 5.82 Å². The molecule has 100 valence electrons. The highest BCUT2D eigenvalue weighted by Gasteiger charge is 2.49. The zero-order valence-electron chi connectivity index (χ0n) is 10.1. The molecule has 0 bridgehead atoms. The average molecular weight is 273 g/mol. The number of aliphatic hydroxyl groups excluding tert-OH is 1. The standard InChI is InChI=1S/C12H16FNO3S/c1-12(4-5-12)18(16,17)14-7-9-2-3-10(8-15)11(13)6-9/h2-3,6,14-15H,4-5,7-8H2,1H3. The first-order valence-corrected chi connectivity index (χ1v) is 7.24. The van der Waals surface area contributed by atoms with Gasteiger partial charge in [0.1, 0.15) is 5.82 Å². The molecule has 1 saturated carbocycles. The molecule has 0 aliphatic heterocycles. The van der Waals surface area contributed by atoms with Crippen LogP contribution < -0.4 is 4.72 Å². The van der Waals surface area contributed by atoms with Crippen molar-refractivity contribution < 1.29 is 17.9 Å². The molecule has 0 unspecified atom stereocenters. The minimum absolute atomic E-state index is 0.0700. The predicted molar refractivity (Wildman–Crippen MR) is 65.7 cm³/mol. The van der Waals surface area contributed by atoms with Gasteiger partial charge in [0.15, 0.2) is 0 Å². The van der Waals surface area contributed by atoms with Crippen LogP contribution in [0.25, 0.3) is 0 Å². The molecule has 1 aromatic carbocycles. The largest absolute Gasteiger partial charge is 0.392 e. The van der Waals surface area contributed by atoms with Crippen LogP contribution in [0.5, 0.6) is 0 Å². The van der Waals surface area contributed by atoms with E-state index in [-0.39, 0.29) is 18.7 Å². The van der Waals surface area contributed by atoms with E-state index in [4.69, 9.17) is 5.11 Å². The van der Waals surface area contributed by atoms with E-state index < -0.39 is 20.6 Å². The van der Waals surface area contributed by atoms with Crippen LogP contribution in [-0.2, 0) is 23.2 Å². The summed E-state index contributed by atoms with van der Waals surface area (Å²) in [6, 6.07) is 4.30. The van der Waals surface area contributed by atoms with Crippen LogP contribution in [0.15, 0.2) is 18.2 Å². The molecule has 1 aliphatic rings. The Balaban J connectivity index is 2.05. The minimum atomic E-state index is -3.34. The quantitative estimate of drug-likeness (QED) is 0.849. The molecule has 2 N–H and O–H groups in total. The Bertz CT molecular complexity index is 552. The normalized spacial score (nSPS) is 17.7. The van der Waals surface area contributed by atoms with Gasteiger partial charge in [-0.3, -0.25) is 0 Å². The van der Waals surface area contributed by atoms with E-state index in [2.05, 4.69) is 4.72 Å². The van der Waals surface area contributed by atoms with Crippen LogP contribution in [0.1, 0.15) is 30.9 Å². The Morgan fingerprint density at radius 3 is 2.61 bits per heavy atom. The molecule has 1 aromatic rings. The van der Waals surface area contributed by atoms with E-state index in [0.717, 1.165) is 0 Å². The van der Waals surface area contributed by atoms with E-state index in [1.165, 1.54) is 12.1 Å². The molecule has 18 heavy (non-hydrogen) atoms. The number of sulfonamides is 1. The summed E-state index contributed by atoms with van der Waals surface area (Å²) in [6.45, 7) is 1.40. The maximum absolute atomic E-state index is 13.4. The van der Waals surface area contributed by atoms with Gasteiger partial charge < -0.3 is 5.11 Å². The first-order valence-electron chi connectivity index (χ1n) is 5.75. The fraction of sp³-hybridized carbons (Fsp3) is 0.500. The van der Waals surface area contributed by atoms with Crippen molar-refractivity contribution in [2.75, 3.05) is 0 Å². The molecule has 1 fully saturated rings. The van der Waals surface area contributed by atoms with Crippen LogP contribution in [-0.4, -0.2) is 18.3 Å². The number of nitrogens with one attached hydrogen (secondary N) is 1. The first kappa shape index (κ1) is 13.5. The van der Waals surface area contributed by atoms with E-state index >= 15 is 0 Å². The van der Waals surface area contributed by atoms with Crippen molar-refractivity contribution in [3.05, 3.63) is 35.1 Å². The van der Waals surface area contributed by atoms with Gasteiger partial charge in [0.05, 0.1) is 11.4 Å². The second-order valence-electron chi connectivity index (χ2n) is 4.86. The van der Waals surface area contributed by atoms with Crippen molar-refractivity contribution in [3.63, 3.8) is 0 Å². The smallest absolute Gasteiger partial charge is 0.217 e. The van der Waals surface area contributed by atoms with Gasteiger partial charge in [0.25, 0.3) is 0 Å².